The van der Waals surface area contributed by atoms with Crippen LogP contribution in [0.4, 0.5) is 0 Å². The van der Waals surface area contributed by atoms with E-state index in [2.05, 4.69) is 47.5 Å². The predicted octanol–water partition coefficient (Wildman–Crippen LogP) is 5.77. The van der Waals surface area contributed by atoms with Crippen LogP contribution in [0.15, 0.2) is 48.7 Å². The molecule has 3 heterocycles. The molecule has 4 rings (SSSR count). The highest BCUT2D eigenvalue weighted by Gasteiger charge is 2.41. The van der Waals surface area contributed by atoms with Crippen molar-refractivity contribution in [1.82, 2.24) is 4.98 Å². The average Bonchev–Trinajstić information content (AvgIpc) is 2.66. The Bertz CT molecular complexity index is 703. The van der Waals surface area contributed by atoms with Crippen LogP contribution >= 0.6 is 0 Å². The number of aromatic nitrogens is 1. The third-order valence-corrected chi connectivity index (χ3v) is 6.09. The van der Waals surface area contributed by atoms with Crippen molar-refractivity contribution in [2.75, 3.05) is 7.11 Å². The smallest absolute Gasteiger partial charge is 0.183 e. The first-order valence-corrected chi connectivity index (χ1v) is 9.62. The lowest BCUT2D eigenvalue weighted by molar-refractivity contribution is 0.415. The first kappa shape index (κ1) is 16.4. The fourth-order valence-electron chi connectivity index (χ4n) is 4.96. The molecule has 128 valence electrons. The molecule has 2 bridgehead atoms. The molecule has 0 unspecified atom stereocenters. The van der Waals surface area contributed by atoms with E-state index in [1.807, 2.05) is 12.3 Å². The van der Waals surface area contributed by atoms with Gasteiger partial charge in [-0.05, 0) is 35.9 Å². The molecule has 2 aliphatic heterocycles. The maximum atomic E-state index is 5.36. The normalized spacial score (nSPS) is 23.4. The second-order valence-electron chi connectivity index (χ2n) is 7.49. The second kappa shape index (κ2) is 7.47. The van der Waals surface area contributed by atoms with Crippen molar-refractivity contribution >= 4 is 18.3 Å². The molecule has 2 nitrogen and oxygen atoms in total. The summed E-state index contributed by atoms with van der Waals surface area (Å²) in [6, 6.07) is 14.8. The molecule has 2 aromatic rings. The molecule has 0 saturated carbocycles. The molecule has 2 saturated heterocycles. The number of rotatable bonds is 4. The number of hydrogen-bond acceptors (Lipinski definition) is 2. The molecule has 25 heavy (non-hydrogen) atoms. The summed E-state index contributed by atoms with van der Waals surface area (Å²) in [5, 5.41) is 0. The SMILES string of the molecule is COc1ccc(/C(=C/c2ccccn2)B2C3CCCC2CCC3)cc1. The quantitative estimate of drug-likeness (QED) is 0.663. The van der Waals surface area contributed by atoms with E-state index in [0.717, 1.165) is 23.1 Å². The molecule has 2 fully saturated rings. The van der Waals surface area contributed by atoms with Crippen LogP contribution in [0.3, 0.4) is 0 Å². The lowest BCUT2D eigenvalue weighted by Crippen LogP contribution is -2.35. The van der Waals surface area contributed by atoms with E-state index in [1.54, 1.807) is 7.11 Å². The van der Waals surface area contributed by atoms with E-state index < -0.39 is 0 Å². The summed E-state index contributed by atoms with van der Waals surface area (Å²) < 4.78 is 5.36. The maximum Gasteiger partial charge on any atom is 0.183 e. The van der Waals surface area contributed by atoms with Crippen molar-refractivity contribution in [3.8, 4) is 5.75 Å². The highest BCUT2D eigenvalue weighted by molar-refractivity contribution is 6.83. The van der Waals surface area contributed by atoms with E-state index in [-0.39, 0.29) is 0 Å². The molecule has 2 aliphatic rings. The minimum atomic E-state index is 0.679. The molecule has 0 atom stereocenters. The largest absolute Gasteiger partial charge is 0.497 e. The lowest BCUT2D eigenvalue weighted by atomic mass is 9.23. The zero-order valence-corrected chi connectivity index (χ0v) is 15.0. The zero-order chi connectivity index (χ0) is 17.1. The summed E-state index contributed by atoms with van der Waals surface area (Å²) in [6.07, 6.45) is 12.6. The number of ether oxygens (including phenoxy) is 1. The molecule has 0 aliphatic carbocycles. The van der Waals surface area contributed by atoms with E-state index in [4.69, 9.17) is 4.74 Å². The second-order valence-corrected chi connectivity index (χ2v) is 7.49. The summed E-state index contributed by atoms with van der Waals surface area (Å²) in [6.45, 7) is 0.679. The van der Waals surface area contributed by atoms with E-state index >= 15 is 0 Å². The van der Waals surface area contributed by atoms with Gasteiger partial charge in [0.2, 0.25) is 0 Å². The van der Waals surface area contributed by atoms with Crippen LogP contribution < -0.4 is 4.74 Å². The standard InChI is InChI=1S/C22H26BNO/c1-25-21-13-11-17(12-14-21)22(16-20-10-2-3-15-24-20)23-18-6-4-7-19(23)9-5-8-18/h2-3,10-16,18-19H,4-9H2,1H3/b22-16-. The molecule has 1 aromatic heterocycles. The molecular formula is C22H26BNO. The van der Waals surface area contributed by atoms with Gasteiger partial charge in [0, 0.05) is 6.20 Å². The van der Waals surface area contributed by atoms with Crippen LogP contribution in [-0.2, 0) is 0 Å². The Hall–Kier alpha value is -2.03. The Labute approximate surface area is 151 Å². The monoisotopic (exact) mass is 331 g/mol. The fraction of sp³-hybridized carbons (Fsp3) is 0.409. The third kappa shape index (κ3) is 3.51. The number of benzene rings is 1. The Balaban J connectivity index is 1.76. The predicted molar refractivity (Wildman–Crippen MR) is 106 cm³/mol. The maximum absolute atomic E-state index is 5.36. The van der Waals surface area contributed by atoms with Gasteiger partial charge >= 0.3 is 0 Å². The van der Waals surface area contributed by atoms with Crippen molar-refractivity contribution in [2.24, 2.45) is 0 Å². The minimum absolute atomic E-state index is 0.679. The molecule has 3 heteroatoms. The van der Waals surface area contributed by atoms with Gasteiger partial charge in [0.1, 0.15) is 5.75 Å². The van der Waals surface area contributed by atoms with Gasteiger partial charge in [-0.2, -0.15) is 0 Å². The molecule has 0 radical (unpaired) electrons. The van der Waals surface area contributed by atoms with Crippen LogP contribution in [0.1, 0.15) is 49.8 Å². The Morgan fingerprint density at radius 3 is 2.24 bits per heavy atom. The molecule has 0 N–H and O–H groups in total. The first-order valence-electron chi connectivity index (χ1n) is 9.62. The average molecular weight is 331 g/mol. The number of nitrogens with zero attached hydrogens (tertiary/aromatic N) is 1. The van der Waals surface area contributed by atoms with Crippen LogP contribution in [0.5, 0.6) is 5.75 Å². The molecule has 0 amide bonds. The number of methoxy groups -OCH3 is 1. The molecular weight excluding hydrogens is 305 g/mol. The van der Waals surface area contributed by atoms with E-state index in [0.29, 0.717) is 6.71 Å². The van der Waals surface area contributed by atoms with Crippen LogP contribution in [0.25, 0.3) is 11.5 Å². The van der Waals surface area contributed by atoms with Gasteiger partial charge in [0.15, 0.2) is 6.71 Å². The van der Waals surface area contributed by atoms with Crippen molar-refractivity contribution in [3.05, 3.63) is 59.9 Å². The summed E-state index contributed by atoms with van der Waals surface area (Å²) in [5.41, 5.74) is 3.88. The number of pyridine rings is 1. The highest BCUT2D eigenvalue weighted by atomic mass is 16.5. The van der Waals surface area contributed by atoms with Gasteiger partial charge in [0.05, 0.1) is 12.8 Å². The number of hydrogen-bond donors (Lipinski definition) is 0. The van der Waals surface area contributed by atoms with Gasteiger partial charge < -0.3 is 4.74 Å². The summed E-state index contributed by atoms with van der Waals surface area (Å²) in [7, 11) is 1.73. The van der Waals surface area contributed by atoms with Crippen molar-refractivity contribution in [2.45, 2.75) is 50.2 Å². The summed E-state index contributed by atoms with van der Waals surface area (Å²) in [4.78, 5) is 4.57. The van der Waals surface area contributed by atoms with Crippen molar-refractivity contribution in [1.29, 1.82) is 0 Å². The van der Waals surface area contributed by atoms with Crippen LogP contribution in [0.2, 0.25) is 11.6 Å². The zero-order valence-electron chi connectivity index (χ0n) is 15.0. The van der Waals surface area contributed by atoms with Gasteiger partial charge in [0.25, 0.3) is 0 Å². The van der Waals surface area contributed by atoms with Gasteiger partial charge in [-0.25, -0.2) is 0 Å². The molecule has 1 aromatic carbocycles. The van der Waals surface area contributed by atoms with Gasteiger partial charge in [-0.15, -0.1) is 0 Å². The van der Waals surface area contributed by atoms with E-state index in [9.17, 15) is 0 Å². The van der Waals surface area contributed by atoms with Gasteiger partial charge in [-0.3, -0.25) is 4.98 Å². The van der Waals surface area contributed by atoms with Crippen LogP contribution in [-0.4, -0.2) is 18.8 Å². The summed E-state index contributed by atoms with van der Waals surface area (Å²) in [5.74, 6) is 2.60. The number of fused-ring (bicyclic) bond motifs is 2. The first-order chi connectivity index (χ1) is 12.3. The Kier molecular flexibility index (Phi) is 4.91. The highest BCUT2D eigenvalue weighted by Crippen LogP contribution is 2.50. The lowest BCUT2D eigenvalue weighted by Gasteiger charge is -2.42. The fourth-order valence-corrected chi connectivity index (χ4v) is 4.96. The summed E-state index contributed by atoms with van der Waals surface area (Å²) >= 11 is 0. The van der Waals surface area contributed by atoms with Crippen LogP contribution in [0, 0.1) is 0 Å². The Morgan fingerprint density at radius 2 is 1.68 bits per heavy atom. The van der Waals surface area contributed by atoms with Crippen molar-refractivity contribution in [3.63, 3.8) is 0 Å². The topological polar surface area (TPSA) is 22.1 Å². The van der Waals surface area contributed by atoms with Crippen molar-refractivity contribution < 1.29 is 4.74 Å². The van der Waals surface area contributed by atoms with E-state index in [1.165, 1.54) is 49.6 Å². The third-order valence-electron chi connectivity index (χ3n) is 6.09. The molecule has 0 spiro atoms. The Morgan fingerprint density at radius 1 is 1.00 bits per heavy atom. The minimum Gasteiger partial charge on any atom is -0.497 e. The van der Waals surface area contributed by atoms with Gasteiger partial charge in [-0.1, -0.05) is 73.8 Å².